The highest BCUT2D eigenvalue weighted by molar-refractivity contribution is 5.38. The summed E-state index contributed by atoms with van der Waals surface area (Å²) in [4.78, 5) is 9.91. The highest BCUT2D eigenvalue weighted by Crippen LogP contribution is 2.25. The quantitative estimate of drug-likeness (QED) is 0.738. The van der Waals surface area contributed by atoms with Gasteiger partial charge in [0.05, 0.1) is 0 Å². The first-order valence-corrected chi connectivity index (χ1v) is 6.05. The predicted octanol–water partition coefficient (Wildman–Crippen LogP) is 2.77. The second-order valence-corrected chi connectivity index (χ2v) is 4.33. The first kappa shape index (κ1) is 11.3. The van der Waals surface area contributed by atoms with Gasteiger partial charge in [-0.05, 0) is 25.7 Å². The van der Waals surface area contributed by atoms with E-state index >= 15 is 0 Å². The second-order valence-electron chi connectivity index (χ2n) is 4.33. The molecule has 1 aliphatic heterocycles. The van der Waals surface area contributed by atoms with Gasteiger partial charge in [0.25, 0.3) is 0 Å². The van der Waals surface area contributed by atoms with E-state index in [-0.39, 0.29) is 0 Å². The van der Waals surface area contributed by atoms with Crippen molar-refractivity contribution in [3.8, 4) is 0 Å². The van der Waals surface area contributed by atoms with E-state index in [0.29, 0.717) is 6.04 Å². The van der Waals surface area contributed by atoms with Crippen molar-refractivity contribution in [2.24, 2.45) is 0 Å². The number of halogens is 1. The van der Waals surface area contributed by atoms with Crippen molar-refractivity contribution in [3.05, 3.63) is 18.3 Å². The lowest BCUT2D eigenvalue weighted by Gasteiger charge is -2.36. The molecule has 1 fully saturated rings. The van der Waals surface area contributed by atoms with Gasteiger partial charge in [-0.15, -0.1) is 0 Å². The number of piperidine rings is 1. The van der Waals surface area contributed by atoms with E-state index in [9.17, 15) is 4.39 Å². The minimum atomic E-state index is -0.439. The van der Waals surface area contributed by atoms with Crippen molar-refractivity contribution in [2.75, 3.05) is 11.4 Å². The number of rotatable bonds is 3. The molecule has 4 heteroatoms. The molecule has 0 radical (unpaired) electrons. The van der Waals surface area contributed by atoms with Gasteiger partial charge >= 0.3 is 0 Å². The largest absolute Gasteiger partial charge is 0.353 e. The van der Waals surface area contributed by atoms with Gasteiger partial charge in [-0.25, -0.2) is 9.97 Å². The third-order valence-corrected chi connectivity index (χ3v) is 3.16. The second kappa shape index (κ2) is 5.23. The van der Waals surface area contributed by atoms with Crippen molar-refractivity contribution in [2.45, 2.75) is 45.1 Å². The van der Waals surface area contributed by atoms with Gasteiger partial charge in [-0.1, -0.05) is 13.3 Å². The van der Waals surface area contributed by atoms with Gasteiger partial charge in [0.1, 0.15) is 12.1 Å². The van der Waals surface area contributed by atoms with Crippen LogP contribution in [0.5, 0.6) is 0 Å². The minimum Gasteiger partial charge on any atom is -0.353 e. The molecule has 88 valence electrons. The first-order valence-electron chi connectivity index (χ1n) is 6.05. The smallest absolute Gasteiger partial charge is 0.218 e. The minimum absolute atomic E-state index is 0.439. The fraction of sp³-hybridized carbons (Fsp3) is 0.667. The number of anilines is 1. The van der Waals surface area contributed by atoms with Crippen LogP contribution in [0.1, 0.15) is 39.0 Å². The molecule has 0 N–H and O–H groups in total. The topological polar surface area (TPSA) is 29.0 Å². The summed E-state index contributed by atoms with van der Waals surface area (Å²) in [5.74, 6) is 0.302. The Labute approximate surface area is 95.7 Å². The number of hydrogen-bond donors (Lipinski definition) is 0. The SMILES string of the molecule is CCCC1CCCCN1c1cc(F)ncn1. The molecule has 2 heterocycles. The van der Waals surface area contributed by atoms with Gasteiger partial charge in [0.15, 0.2) is 0 Å². The molecule has 1 aliphatic rings. The van der Waals surface area contributed by atoms with Crippen molar-refractivity contribution in [3.63, 3.8) is 0 Å². The Morgan fingerprint density at radius 2 is 2.31 bits per heavy atom. The lowest BCUT2D eigenvalue weighted by molar-refractivity contribution is 0.430. The fourth-order valence-electron chi connectivity index (χ4n) is 2.42. The summed E-state index contributed by atoms with van der Waals surface area (Å²) < 4.78 is 13.1. The maximum atomic E-state index is 13.1. The Bertz CT molecular complexity index is 341. The van der Waals surface area contributed by atoms with E-state index in [0.717, 1.165) is 25.2 Å². The van der Waals surface area contributed by atoms with E-state index in [1.807, 2.05) is 0 Å². The maximum absolute atomic E-state index is 13.1. The zero-order valence-corrected chi connectivity index (χ0v) is 9.69. The van der Waals surface area contributed by atoms with Crippen molar-refractivity contribution in [1.29, 1.82) is 0 Å². The molecule has 0 bridgehead atoms. The zero-order chi connectivity index (χ0) is 11.4. The van der Waals surface area contributed by atoms with Crippen molar-refractivity contribution < 1.29 is 4.39 Å². The molecule has 1 unspecified atom stereocenters. The summed E-state index contributed by atoms with van der Waals surface area (Å²) in [5, 5.41) is 0. The third kappa shape index (κ3) is 2.49. The molecular weight excluding hydrogens is 205 g/mol. The van der Waals surface area contributed by atoms with Crippen LogP contribution in [0, 0.1) is 5.95 Å². The standard InChI is InChI=1S/C12H18FN3/c1-2-5-10-6-3-4-7-16(10)12-8-11(13)14-9-15-12/h8-10H,2-7H2,1H3. The monoisotopic (exact) mass is 223 g/mol. The number of hydrogen-bond acceptors (Lipinski definition) is 3. The highest BCUT2D eigenvalue weighted by atomic mass is 19.1. The Balaban J connectivity index is 2.16. The van der Waals surface area contributed by atoms with E-state index in [1.54, 1.807) is 0 Å². The lowest BCUT2D eigenvalue weighted by atomic mass is 9.98. The van der Waals surface area contributed by atoms with E-state index in [1.165, 1.54) is 31.7 Å². The summed E-state index contributed by atoms with van der Waals surface area (Å²) in [5.41, 5.74) is 0. The molecule has 16 heavy (non-hydrogen) atoms. The van der Waals surface area contributed by atoms with Crippen LogP contribution in [-0.2, 0) is 0 Å². The van der Waals surface area contributed by atoms with E-state index < -0.39 is 5.95 Å². The average Bonchev–Trinajstić information content (AvgIpc) is 2.30. The Kier molecular flexibility index (Phi) is 3.70. The van der Waals surface area contributed by atoms with Crippen LogP contribution in [0.3, 0.4) is 0 Å². The van der Waals surface area contributed by atoms with Crippen LogP contribution in [0.4, 0.5) is 10.2 Å². The lowest BCUT2D eigenvalue weighted by Crippen LogP contribution is -2.40. The maximum Gasteiger partial charge on any atom is 0.218 e. The summed E-state index contributed by atoms with van der Waals surface area (Å²) in [7, 11) is 0. The van der Waals surface area contributed by atoms with Gasteiger partial charge in [-0.2, -0.15) is 4.39 Å². The number of nitrogens with zero attached hydrogens (tertiary/aromatic N) is 3. The van der Waals surface area contributed by atoms with Crippen molar-refractivity contribution >= 4 is 5.82 Å². The predicted molar refractivity (Wildman–Crippen MR) is 61.9 cm³/mol. The van der Waals surface area contributed by atoms with Gasteiger partial charge in [0, 0.05) is 18.7 Å². The normalized spacial score (nSPS) is 21.1. The van der Waals surface area contributed by atoms with Gasteiger partial charge < -0.3 is 4.90 Å². The molecule has 1 aromatic rings. The molecule has 1 saturated heterocycles. The van der Waals surface area contributed by atoms with Crippen LogP contribution in [0.15, 0.2) is 12.4 Å². The van der Waals surface area contributed by atoms with E-state index in [4.69, 9.17) is 0 Å². The molecule has 0 aliphatic carbocycles. The molecular formula is C12H18FN3. The van der Waals surface area contributed by atoms with Gasteiger partial charge in [0.2, 0.25) is 5.95 Å². The highest BCUT2D eigenvalue weighted by Gasteiger charge is 2.22. The summed E-state index contributed by atoms with van der Waals surface area (Å²) in [6.45, 7) is 3.18. The van der Waals surface area contributed by atoms with Crippen LogP contribution in [-0.4, -0.2) is 22.6 Å². The molecule has 0 saturated carbocycles. The Hall–Kier alpha value is -1.19. The van der Waals surface area contributed by atoms with Crippen LogP contribution >= 0.6 is 0 Å². The Morgan fingerprint density at radius 3 is 3.06 bits per heavy atom. The van der Waals surface area contributed by atoms with Gasteiger partial charge in [-0.3, -0.25) is 0 Å². The molecule has 2 rings (SSSR count). The summed E-state index contributed by atoms with van der Waals surface area (Å²) >= 11 is 0. The first-order chi connectivity index (χ1) is 7.81. The molecule has 3 nitrogen and oxygen atoms in total. The summed E-state index contributed by atoms with van der Waals surface area (Å²) in [6, 6.07) is 1.96. The molecule has 1 aromatic heterocycles. The third-order valence-electron chi connectivity index (χ3n) is 3.16. The zero-order valence-electron chi connectivity index (χ0n) is 9.69. The van der Waals surface area contributed by atoms with Crippen molar-refractivity contribution in [1.82, 2.24) is 9.97 Å². The Morgan fingerprint density at radius 1 is 1.44 bits per heavy atom. The number of aromatic nitrogens is 2. The average molecular weight is 223 g/mol. The van der Waals surface area contributed by atoms with Crippen LogP contribution in [0.25, 0.3) is 0 Å². The van der Waals surface area contributed by atoms with Crippen LogP contribution in [0.2, 0.25) is 0 Å². The molecule has 1 atom stereocenters. The van der Waals surface area contributed by atoms with Crippen LogP contribution < -0.4 is 4.90 Å². The molecule has 0 amide bonds. The summed E-state index contributed by atoms with van der Waals surface area (Å²) in [6.07, 6.45) is 7.27. The van der Waals surface area contributed by atoms with E-state index in [2.05, 4.69) is 21.8 Å². The fourth-order valence-corrected chi connectivity index (χ4v) is 2.42. The molecule has 0 aromatic carbocycles. The molecule has 0 spiro atoms.